The molecule has 2 amide bonds. The van der Waals surface area contributed by atoms with Gasteiger partial charge >= 0.3 is 0 Å². The summed E-state index contributed by atoms with van der Waals surface area (Å²) in [6.45, 7) is 6.40. The first kappa shape index (κ1) is 21.8. The van der Waals surface area contributed by atoms with Gasteiger partial charge in [-0.1, -0.05) is 60.1 Å². The van der Waals surface area contributed by atoms with E-state index in [-0.39, 0.29) is 11.8 Å². The molecule has 4 nitrogen and oxygen atoms in total. The summed E-state index contributed by atoms with van der Waals surface area (Å²) < 4.78 is 0. The van der Waals surface area contributed by atoms with E-state index < -0.39 is 0 Å². The molecule has 0 atom stereocenters. The highest BCUT2D eigenvalue weighted by Crippen LogP contribution is 2.37. The van der Waals surface area contributed by atoms with Crippen LogP contribution in [0, 0.1) is 20.8 Å². The van der Waals surface area contributed by atoms with Gasteiger partial charge in [-0.3, -0.25) is 9.59 Å². The van der Waals surface area contributed by atoms with Crippen molar-refractivity contribution >= 4 is 34.7 Å². The molecule has 0 radical (unpaired) electrons. The molecule has 162 valence electrons. The summed E-state index contributed by atoms with van der Waals surface area (Å²) in [6, 6.07) is 21.0. The van der Waals surface area contributed by atoms with E-state index in [1.54, 1.807) is 18.2 Å². The molecule has 3 aromatic rings. The van der Waals surface area contributed by atoms with Crippen molar-refractivity contribution in [2.45, 2.75) is 27.3 Å². The van der Waals surface area contributed by atoms with Gasteiger partial charge in [-0.25, -0.2) is 4.90 Å². The van der Waals surface area contributed by atoms with Crippen LogP contribution < -0.4 is 4.90 Å². The lowest BCUT2D eigenvalue weighted by atomic mass is 9.99. The lowest BCUT2D eigenvalue weighted by molar-refractivity contribution is -0.120. The molecular formula is C27H25ClN2O2. The molecule has 0 aliphatic carbocycles. The van der Waals surface area contributed by atoms with Crippen LogP contribution in [-0.2, 0) is 16.1 Å². The van der Waals surface area contributed by atoms with Gasteiger partial charge in [0, 0.05) is 18.6 Å². The largest absolute Gasteiger partial charge is 0.365 e. The molecule has 0 fully saturated rings. The zero-order valence-corrected chi connectivity index (χ0v) is 19.4. The second-order valence-electron chi connectivity index (χ2n) is 8.24. The van der Waals surface area contributed by atoms with Crippen molar-refractivity contribution < 1.29 is 9.59 Å². The Morgan fingerprint density at radius 1 is 0.812 bits per heavy atom. The lowest BCUT2D eigenvalue weighted by Crippen LogP contribution is -2.34. The second kappa shape index (κ2) is 8.64. The van der Waals surface area contributed by atoms with Crippen LogP contribution >= 0.6 is 11.6 Å². The number of rotatable bonds is 5. The third kappa shape index (κ3) is 3.94. The molecule has 0 bridgehead atoms. The molecule has 0 spiro atoms. The molecule has 0 saturated heterocycles. The standard InChI is InChI=1S/C27H25ClN2O2/c1-17-10-11-21(14-18(17)2)24-25(29(4)16-20-8-6-5-7-9-20)27(32)30(26(24)31)23-13-12-22(28)15-19(23)3/h5-15H,16H2,1-4H3. The number of carbonyl (C=O) groups excluding carboxylic acids is 2. The van der Waals surface area contributed by atoms with Gasteiger partial charge in [0.2, 0.25) is 0 Å². The molecule has 32 heavy (non-hydrogen) atoms. The van der Waals surface area contributed by atoms with Crippen LogP contribution in [-0.4, -0.2) is 23.8 Å². The maximum absolute atomic E-state index is 13.7. The van der Waals surface area contributed by atoms with Gasteiger partial charge in [0.05, 0.1) is 11.3 Å². The molecule has 0 saturated carbocycles. The normalized spacial score (nSPS) is 13.8. The minimum atomic E-state index is -0.327. The first-order chi connectivity index (χ1) is 15.3. The molecular weight excluding hydrogens is 420 g/mol. The van der Waals surface area contributed by atoms with Crippen LogP contribution in [0.1, 0.15) is 27.8 Å². The number of hydrogen-bond donors (Lipinski definition) is 0. The summed E-state index contributed by atoms with van der Waals surface area (Å²) in [7, 11) is 1.85. The van der Waals surface area contributed by atoms with Gasteiger partial charge in [-0.2, -0.15) is 0 Å². The molecule has 0 unspecified atom stereocenters. The smallest absolute Gasteiger partial charge is 0.282 e. The number of hydrogen-bond acceptors (Lipinski definition) is 3. The molecule has 1 aliphatic heterocycles. The number of aryl methyl sites for hydroxylation is 3. The fourth-order valence-electron chi connectivity index (χ4n) is 4.05. The average Bonchev–Trinajstić information content (AvgIpc) is 3.01. The summed E-state index contributed by atoms with van der Waals surface area (Å²) in [6.07, 6.45) is 0. The molecule has 0 aromatic heterocycles. The summed E-state index contributed by atoms with van der Waals surface area (Å²) in [5.41, 5.74) is 6.15. The van der Waals surface area contributed by atoms with Crippen LogP contribution in [0.5, 0.6) is 0 Å². The number of halogens is 1. The van der Waals surface area contributed by atoms with Crippen LogP contribution in [0.3, 0.4) is 0 Å². The van der Waals surface area contributed by atoms with Crippen LogP contribution in [0.15, 0.2) is 72.4 Å². The fraction of sp³-hybridized carbons (Fsp3) is 0.185. The maximum Gasteiger partial charge on any atom is 0.282 e. The maximum atomic E-state index is 13.7. The van der Waals surface area contributed by atoms with Gasteiger partial charge in [0.1, 0.15) is 5.70 Å². The van der Waals surface area contributed by atoms with Crippen molar-refractivity contribution in [3.05, 3.63) is 105 Å². The first-order valence-corrected chi connectivity index (χ1v) is 10.9. The van der Waals surface area contributed by atoms with Crippen molar-refractivity contribution in [2.75, 3.05) is 11.9 Å². The Balaban J connectivity index is 1.84. The van der Waals surface area contributed by atoms with E-state index in [0.717, 1.165) is 27.8 Å². The predicted octanol–water partition coefficient (Wildman–Crippen LogP) is 5.68. The van der Waals surface area contributed by atoms with E-state index >= 15 is 0 Å². The number of anilines is 1. The van der Waals surface area contributed by atoms with Crippen LogP contribution in [0.25, 0.3) is 5.57 Å². The summed E-state index contributed by atoms with van der Waals surface area (Å²) in [5.74, 6) is -0.648. The quantitative estimate of drug-likeness (QED) is 0.475. The lowest BCUT2D eigenvalue weighted by Gasteiger charge is -2.22. The number of imide groups is 1. The van der Waals surface area contributed by atoms with Crippen molar-refractivity contribution in [3.63, 3.8) is 0 Å². The van der Waals surface area contributed by atoms with Gasteiger partial charge in [-0.05, 0) is 66.8 Å². The Morgan fingerprint density at radius 3 is 2.19 bits per heavy atom. The molecule has 4 rings (SSSR count). The highest BCUT2D eigenvalue weighted by molar-refractivity contribution is 6.45. The first-order valence-electron chi connectivity index (χ1n) is 10.5. The molecule has 5 heteroatoms. The minimum Gasteiger partial charge on any atom is -0.365 e. The van der Waals surface area contributed by atoms with Crippen LogP contribution in [0.4, 0.5) is 5.69 Å². The Labute approximate surface area is 193 Å². The third-order valence-electron chi connectivity index (χ3n) is 5.90. The Hall–Kier alpha value is -3.37. The van der Waals surface area contributed by atoms with Crippen LogP contribution in [0.2, 0.25) is 5.02 Å². The average molecular weight is 445 g/mol. The molecule has 1 aliphatic rings. The van der Waals surface area contributed by atoms with Gasteiger partial charge in [-0.15, -0.1) is 0 Å². The van der Waals surface area contributed by atoms with E-state index in [1.165, 1.54) is 4.90 Å². The number of likely N-dealkylation sites (N-methyl/N-ethyl adjacent to an activating group) is 1. The van der Waals surface area contributed by atoms with E-state index in [4.69, 9.17) is 11.6 Å². The van der Waals surface area contributed by atoms with Crippen molar-refractivity contribution in [3.8, 4) is 0 Å². The number of carbonyl (C=O) groups is 2. The number of benzene rings is 3. The van der Waals surface area contributed by atoms with Crippen molar-refractivity contribution in [1.29, 1.82) is 0 Å². The topological polar surface area (TPSA) is 40.6 Å². The zero-order chi connectivity index (χ0) is 23.0. The van der Waals surface area contributed by atoms with E-state index in [2.05, 4.69) is 0 Å². The van der Waals surface area contributed by atoms with E-state index in [9.17, 15) is 9.59 Å². The molecule has 1 heterocycles. The summed E-state index contributed by atoms with van der Waals surface area (Å²) in [4.78, 5) is 30.5. The van der Waals surface area contributed by atoms with Gasteiger partial charge < -0.3 is 4.90 Å². The Kier molecular flexibility index (Phi) is 5.90. The SMILES string of the molecule is Cc1ccc(C2=C(N(C)Cc3ccccc3)C(=O)N(c3ccc(Cl)cc3C)C2=O)cc1C. The van der Waals surface area contributed by atoms with E-state index in [1.807, 2.05) is 81.2 Å². The van der Waals surface area contributed by atoms with Gasteiger partial charge in [0.25, 0.3) is 11.8 Å². The number of amides is 2. The van der Waals surface area contributed by atoms with E-state index in [0.29, 0.717) is 28.5 Å². The highest BCUT2D eigenvalue weighted by atomic mass is 35.5. The third-order valence-corrected chi connectivity index (χ3v) is 6.13. The fourth-order valence-corrected chi connectivity index (χ4v) is 4.28. The minimum absolute atomic E-state index is 0.321. The van der Waals surface area contributed by atoms with Crippen molar-refractivity contribution in [1.82, 2.24) is 4.90 Å². The predicted molar refractivity (Wildman–Crippen MR) is 129 cm³/mol. The molecule has 0 N–H and O–H groups in total. The number of nitrogens with zero attached hydrogens (tertiary/aromatic N) is 2. The Bertz CT molecular complexity index is 1250. The monoisotopic (exact) mass is 444 g/mol. The zero-order valence-electron chi connectivity index (χ0n) is 18.6. The summed E-state index contributed by atoms with van der Waals surface area (Å²) >= 11 is 6.12. The highest BCUT2D eigenvalue weighted by Gasteiger charge is 2.42. The van der Waals surface area contributed by atoms with Crippen molar-refractivity contribution in [2.24, 2.45) is 0 Å². The second-order valence-corrected chi connectivity index (χ2v) is 8.68. The Morgan fingerprint density at radius 2 is 1.53 bits per heavy atom. The van der Waals surface area contributed by atoms with Gasteiger partial charge in [0.15, 0.2) is 0 Å². The molecule has 3 aromatic carbocycles. The summed E-state index contributed by atoms with van der Waals surface area (Å²) in [5, 5.41) is 0.564.